The van der Waals surface area contributed by atoms with Gasteiger partial charge in [0.1, 0.15) is 0 Å². The maximum Gasteiger partial charge on any atom is 0.276 e. The fourth-order valence-electron chi connectivity index (χ4n) is 3.98. The first kappa shape index (κ1) is 19.9. The molecule has 8 nitrogen and oxygen atoms in total. The molecule has 3 aromatic heterocycles. The Morgan fingerprint density at radius 1 is 1.00 bits per heavy atom. The van der Waals surface area contributed by atoms with E-state index >= 15 is 0 Å². The molecule has 0 aliphatic carbocycles. The van der Waals surface area contributed by atoms with E-state index in [1.165, 1.54) is 4.52 Å². The Bertz CT molecular complexity index is 1400. The van der Waals surface area contributed by atoms with E-state index in [-0.39, 0.29) is 5.56 Å². The number of hydrogen-bond acceptors (Lipinski definition) is 5. The van der Waals surface area contributed by atoms with Crippen LogP contribution in [0.3, 0.4) is 0 Å². The third kappa shape index (κ3) is 3.71. The predicted octanol–water partition coefficient (Wildman–Crippen LogP) is 3.80. The molecule has 5 rings (SSSR count). The van der Waals surface area contributed by atoms with Crippen LogP contribution in [0.1, 0.15) is 36.6 Å². The molecule has 0 aliphatic rings. The molecule has 0 spiro atoms. The van der Waals surface area contributed by atoms with Crippen molar-refractivity contribution < 1.29 is 0 Å². The molecule has 0 saturated heterocycles. The fraction of sp³-hybridized carbons (Fsp3) is 0.208. The number of nitrogens with one attached hydrogen (secondary N) is 2. The average molecular weight is 425 g/mol. The number of nitrogens with zero attached hydrogens (tertiary/aromatic N) is 5. The van der Waals surface area contributed by atoms with Crippen LogP contribution in [-0.4, -0.2) is 35.2 Å². The van der Waals surface area contributed by atoms with Gasteiger partial charge in [-0.3, -0.25) is 9.89 Å². The van der Waals surface area contributed by atoms with E-state index in [0.717, 1.165) is 52.8 Å². The summed E-state index contributed by atoms with van der Waals surface area (Å²) in [5.41, 5.74) is 6.33. The fourth-order valence-corrected chi connectivity index (χ4v) is 3.98. The van der Waals surface area contributed by atoms with E-state index in [1.54, 1.807) is 6.20 Å². The van der Waals surface area contributed by atoms with Gasteiger partial charge in [0, 0.05) is 29.8 Å². The first-order valence-corrected chi connectivity index (χ1v) is 10.7. The Balaban J connectivity index is 1.48. The molecule has 160 valence electrons. The van der Waals surface area contributed by atoms with Crippen molar-refractivity contribution in [1.82, 2.24) is 35.2 Å². The number of hydrogen-bond donors (Lipinski definition) is 2. The van der Waals surface area contributed by atoms with E-state index < -0.39 is 0 Å². The van der Waals surface area contributed by atoms with Crippen LogP contribution >= 0.6 is 0 Å². The lowest BCUT2D eigenvalue weighted by molar-refractivity contribution is 0.753. The second kappa shape index (κ2) is 8.58. The highest BCUT2D eigenvalue weighted by atomic mass is 16.1. The Morgan fingerprint density at radius 2 is 1.81 bits per heavy atom. The lowest BCUT2D eigenvalue weighted by Crippen LogP contribution is -2.23. The SMILES string of the molecule is CCCCc1nc2cc[nH]n2c(=O)c1Cc1ccc(-c2ccccc2-c2nn[nH]n2)cc1. The molecule has 0 radical (unpaired) electrons. The summed E-state index contributed by atoms with van der Waals surface area (Å²) in [4.78, 5) is 17.9. The summed E-state index contributed by atoms with van der Waals surface area (Å²) in [5.74, 6) is 0.559. The highest BCUT2D eigenvalue weighted by Gasteiger charge is 2.15. The molecule has 0 unspecified atom stereocenters. The number of unbranched alkanes of at least 4 members (excludes halogenated alkanes) is 1. The molecule has 2 N–H and O–H groups in total. The van der Waals surface area contributed by atoms with Crippen LogP contribution < -0.4 is 5.56 Å². The Kier molecular flexibility index (Phi) is 5.33. The average Bonchev–Trinajstić information content (AvgIpc) is 3.53. The number of aryl methyl sites for hydroxylation is 1. The van der Waals surface area contributed by atoms with E-state index in [2.05, 4.69) is 56.9 Å². The molecule has 8 heteroatoms. The second-order valence-electron chi connectivity index (χ2n) is 7.76. The van der Waals surface area contributed by atoms with Crippen LogP contribution in [-0.2, 0) is 12.8 Å². The third-order valence-corrected chi connectivity index (χ3v) is 5.65. The Hall–Kier alpha value is -4.07. The molecule has 0 aliphatic heterocycles. The van der Waals surface area contributed by atoms with Gasteiger partial charge in [0.2, 0.25) is 5.82 Å². The van der Waals surface area contributed by atoms with Crippen LogP contribution in [0.5, 0.6) is 0 Å². The van der Waals surface area contributed by atoms with Gasteiger partial charge >= 0.3 is 0 Å². The highest BCUT2D eigenvalue weighted by molar-refractivity contribution is 5.80. The molecule has 0 amide bonds. The van der Waals surface area contributed by atoms with Gasteiger partial charge < -0.3 is 0 Å². The zero-order valence-corrected chi connectivity index (χ0v) is 17.7. The number of benzene rings is 2. The largest absolute Gasteiger partial charge is 0.297 e. The quantitative estimate of drug-likeness (QED) is 0.413. The molecule has 0 atom stereocenters. The minimum absolute atomic E-state index is 0.0300. The summed E-state index contributed by atoms with van der Waals surface area (Å²) < 4.78 is 1.51. The van der Waals surface area contributed by atoms with E-state index in [1.807, 2.05) is 30.3 Å². The number of aromatic nitrogens is 7. The van der Waals surface area contributed by atoms with Crippen molar-refractivity contribution in [2.45, 2.75) is 32.6 Å². The number of tetrazole rings is 1. The van der Waals surface area contributed by atoms with Crippen LogP contribution in [0.15, 0.2) is 65.6 Å². The van der Waals surface area contributed by atoms with Crippen molar-refractivity contribution >= 4 is 5.65 Å². The van der Waals surface area contributed by atoms with Crippen LogP contribution in [0.4, 0.5) is 0 Å². The number of H-pyrrole nitrogens is 2. The van der Waals surface area contributed by atoms with Crippen molar-refractivity contribution in [2.75, 3.05) is 0 Å². The van der Waals surface area contributed by atoms with Crippen LogP contribution in [0, 0.1) is 0 Å². The van der Waals surface area contributed by atoms with Gasteiger partial charge in [-0.15, -0.1) is 10.2 Å². The van der Waals surface area contributed by atoms with Crippen molar-refractivity contribution in [2.24, 2.45) is 0 Å². The van der Waals surface area contributed by atoms with Gasteiger partial charge in [0.05, 0.1) is 5.69 Å². The van der Waals surface area contributed by atoms with Gasteiger partial charge in [0.15, 0.2) is 5.65 Å². The van der Waals surface area contributed by atoms with E-state index in [9.17, 15) is 4.79 Å². The maximum absolute atomic E-state index is 13.1. The molecular formula is C24H23N7O. The lowest BCUT2D eigenvalue weighted by atomic mass is 9.96. The summed E-state index contributed by atoms with van der Waals surface area (Å²) in [7, 11) is 0. The normalized spacial score (nSPS) is 11.3. The topological polar surface area (TPSA) is 105 Å². The van der Waals surface area contributed by atoms with Crippen molar-refractivity contribution in [3.63, 3.8) is 0 Å². The zero-order chi connectivity index (χ0) is 21.9. The standard InChI is InChI=1S/C24H23N7O/c1-2-3-8-21-20(24(32)31-22(26-21)13-14-25-31)15-16-9-11-17(12-10-16)18-6-4-5-7-19(18)23-27-29-30-28-23/h4-7,9-14,25H,2-3,8,15H2,1H3,(H,27,28,29,30). The zero-order valence-electron chi connectivity index (χ0n) is 17.7. The van der Waals surface area contributed by atoms with E-state index in [4.69, 9.17) is 4.98 Å². The smallest absolute Gasteiger partial charge is 0.276 e. The number of rotatable bonds is 7. The summed E-state index contributed by atoms with van der Waals surface area (Å²) in [5, 5.41) is 17.4. The molecule has 0 saturated carbocycles. The first-order valence-electron chi connectivity index (χ1n) is 10.7. The first-order chi connectivity index (χ1) is 15.7. The Labute approximate surface area is 184 Å². The van der Waals surface area contributed by atoms with Crippen LogP contribution in [0.2, 0.25) is 0 Å². The van der Waals surface area contributed by atoms with Gasteiger partial charge in [-0.05, 0) is 34.7 Å². The summed E-state index contributed by atoms with van der Waals surface area (Å²) >= 11 is 0. The van der Waals surface area contributed by atoms with Gasteiger partial charge in [-0.25, -0.2) is 9.50 Å². The molecule has 32 heavy (non-hydrogen) atoms. The van der Waals surface area contributed by atoms with E-state index in [0.29, 0.717) is 17.9 Å². The monoisotopic (exact) mass is 425 g/mol. The molecule has 0 bridgehead atoms. The molecule has 2 aromatic carbocycles. The van der Waals surface area contributed by atoms with Crippen molar-refractivity contribution in [3.05, 3.63) is 88.0 Å². The van der Waals surface area contributed by atoms with Gasteiger partial charge in [-0.1, -0.05) is 61.9 Å². The number of aromatic amines is 2. The van der Waals surface area contributed by atoms with Crippen molar-refractivity contribution in [1.29, 1.82) is 0 Å². The summed E-state index contributed by atoms with van der Waals surface area (Å²) in [6, 6.07) is 18.1. The molecular weight excluding hydrogens is 402 g/mol. The van der Waals surface area contributed by atoms with Crippen molar-refractivity contribution in [3.8, 4) is 22.5 Å². The maximum atomic E-state index is 13.1. The molecule has 5 aromatic rings. The third-order valence-electron chi connectivity index (χ3n) is 5.65. The van der Waals surface area contributed by atoms with Gasteiger partial charge in [-0.2, -0.15) is 5.21 Å². The molecule has 3 heterocycles. The van der Waals surface area contributed by atoms with Crippen LogP contribution in [0.25, 0.3) is 28.2 Å². The second-order valence-corrected chi connectivity index (χ2v) is 7.76. The minimum atomic E-state index is -0.0300. The summed E-state index contributed by atoms with van der Waals surface area (Å²) in [6.07, 6.45) is 5.15. The highest BCUT2D eigenvalue weighted by Crippen LogP contribution is 2.30. The van der Waals surface area contributed by atoms with Gasteiger partial charge in [0.25, 0.3) is 5.56 Å². The number of fused-ring (bicyclic) bond motifs is 1. The molecule has 0 fully saturated rings. The lowest BCUT2D eigenvalue weighted by Gasteiger charge is -2.11. The minimum Gasteiger partial charge on any atom is -0.297 e. The summed E-state index contributed by atoms with van der Waals surface area (Å²) in [6.45, 7) is 2.15. The predicted molar refractivity (Wildman–Crippen MR) is 122 cm³/mol. The Morgan fingerprint density at radius 3 is 2.56 bits per heavy atom.